The Balaban J connectivity index is 2.16. The highest BCUT2D eigenvalue weighted by Crippen LogP contribution is 2.32. The molecule has 21 heavy (non-hydrogen) atoms. The highest BCUT2D eigenvalue weighted by Gasteiger charge is 2.16. The molecule has 0 aliphatic rings. The minimum absolute atomic E-state index is 0.127. The molecule has 112 valence electrons. The van der Waals surface area contributed by atoms with Gasteiger partial charge in [-0.2, -0.15) is 0 Å². The summed E-state index contributed by atoms with van der Waals surface area (Å²) in [5, 5.41) is 4.21. The van der Waals surface area contributed by atoms with Crippen LogP contribution in [0.4, 0.5) is 0 Å². The third kappa shape index (κ3) is 4.09. The second-order valence-electron chi connectivity index (χ2n) is 4.30. The quantitative estimate of drug-likeness (QED) is 0.793. The fourth-order valence-electron chi connectivity index (χ4n) is 1.97. The van der Waals surface area contributed by atoms with Gasteiger partial charge in [-0.05, 0) is 25.2 Å². The number of ether oxygens (including phenoxy) is 2. The number of hydrogen-bond acceptors (Lipinski definition) is 6. The summed E-state index contributed by atoms with van der Waals surface area (Å²) in [6.45, 7) is 0. The molecule has 0 spiro atoms. The lowest BCUT2D eigenvalue weighted by atomic mass is 10.1. The first-order valence-electron chi connectivity index (χ1n) is 6.56. The lowest BCUT2D eigenvalue weighted by Gasteiger charge is -2.19. The molecule has 2 aromatic rings. The Morgan fingerprint density at radius 3 is 2.71 bits per heavy atom. The van der Waals surface area contributed by atoms with Crippen LogP contribution < -0.4 is 14.8 Å². The zero-order valence-electron chi connectivity index (χ0n) is 12.4. The van der Waals surface area contributed by atoms with Crippen molar-refractivity contribution in [1.29, 1.82) is 0 Å². The van der Waals surface area contributed by atoms with Gasteiger partial charge in [0.1, 0.15) is 16.5 Å². The fourth-order valence-corrected chi connectivity index (χ4v) is 2.92. The van der Waals surface area contributed by atoms with E-state index in [0.717, 1.165) is 27.8 Å². The fraction of sp³-hybridized carbons (Fsp3) is 0.333. The minimum Gasteiger partial charge on any atom is -0.497 e. The molecule has 1 N–H and O–H groups in total. The first-order chi connectivity index (χ1) is 10.3. The maximum atomic E-state index is 5.45. The highest BCUT2D eigenvalue weighted by atomic mass is 32.2. The van der Waals surface area contributed by atoms with Gasteiger partial charge >= 0.3 is 0 Å². The lowest BCUT2D eigenvalue weighted by Crippen LogP contribution is -2.19. The van der Waals surface area contributed by atoms with Crippen LogP contribution in [0.5, 0.6) is 11.5 Å². The molecule has 0 fully saturated rings. The van der Waals surface area contributed by atoms with Gasteiger partial charge in [0.2, 0.25) is 0 Å². The number of thioether (sulfide) groups is 1. The molecular formula is C15H19N3O2S. The average molecular weight is 305 g/mol. The van der Waals surface area contributed by atoms with E-state index in [-0.39, 0.29) is 6.04 Å². The van der Waals surface area contributed by atoms with Crippen molar-refractivity contribution in [2.75, 3.05) is 27.0 Å². The van der Waals surface area contributed by atoms with E-state index in [0.29, 0.717) is 0 Å². The monoisotopic (exact) mass is 305 g/mol. The predicted molar refractivity (Wildman–Crippen MR) is 84.1 cm³/mol. The molecule has 0 amide bonds. The molecule has 0 bridgehead atoms. The van der Waals surface area contributed by atoms with Gasteiger partial charge in [-0.1, -0.05) is 0 Å². The molecule has 0 saturated carbocycles. The zero-order valence-corrected chi connectivity index (χ0v) is 13.2. The number of nitrogens with one attached hydrogen (secondary N) is 1. The van der Waals surface area contributed by atoms with E-state index in [2.05, 4.69) is 15.3 Å². The van der Waals surface area contributed by atoms with Gasteiger partial charge < -0.3 is 14.8 Å². The standard InChI is InChI=1S/C15H19N3O2S/c1-16-13(10-21-15-9-17-6-7-18-15)12-8-11(19-2)4-5-14(12)20-3/h4-9,13,16H,10H2,1-3H3. The van der Waals surface area contributed by atoms with Crippen LogP contribution in [0.3, 0.4) is 0 Å². The first-order valence-corrected chi connectivity index (χ1v) is 7.55. The molecule has 1 heterocycles. The molecule has 2 rings (SSSR count). The van der Waals surface area contributed by atoms with E-state index in [1.807, 2.05) is 25.2 Å². The Labute approximate surface area is 129 Å². The molecular weight excluding hydrogens is 286 g/mol. The van der Waals surface area contributed by atoms with E-state index in [9.17, 15) is 0 Å². The molecule has 6 heteroatoms. The molecule has 5 nitrogen and oxygen atoms in total. The topological polar surface area (TPSA) is 56.3 Å². The van der Waals surface area contributed by atoms with Crippen LogP contribution in [0.15, 0.2) is 41.8 Å². The van der Waals surface area contributed by atoms with Crippen molar-refractivity contribution in [2.24, 2.45) is 0 Å². The second kappa shape index (κ2) is 7.85. The van der Waals surface area contributed by atoms with Crippen molar-refractivity contribution in [1.82, 2.24) is 15.3 Å². The third-order valence-corrected chi connectivity index (χ3v) is 4.10. The van der Waals surface area contributed by atoms with Gasteiger partial charge in [0, 0.05) is 29.8 Å². The number of rotatable bonds is 7. The smallest absolute Gasteiger partial charge is 0.123 e. The van der Waals surface area contributed by atoms with Crippen LogP contribution in [0.1, 0.15) is 11.6 Å². The summed E-state index contributed by atoms with van der Waals surface area (Å²) in [4.78, 5) is 8.35. The zero-order chi connectivity index (χ0) is 15.1. The van der Waals surface area contributed by atoms with Crippen molar-refractivity contribution in [3.63, 3.8) is 0 Å². The molecule has 1 aromatic heterocycles. The Morgan fingerprint density at radius 1 is 1.24 bits per heavy atom. The Morgan fingerprint density at radius 2 is 2.10 bits per heavy atom. The van der Waals surface area contributed by atoms with Gasteiger partial charge in [0.05, 0.1) is 20.4 Å². The number of aromatic nitrogens is 2. The van der Waals surface area contributed by atoms with E-state index < -0.39 is 0 Å². The Hall–Kier alpha value is -1.79. The number of nitrogens with zero attached hydrogens (tertiary/aromatic N) is 2. The van der Waals surface area contributed by atoms with Crippen LogP contribution in [-0.2, 0) is 0 Å². The Kier molecular flexibility index (Phi) is 5.83. The first kappa shape index (κ1) is 15.6. The summed E-state index contributed by atoms with van der Waals surface area (Å²) in [6.07, 6.45) is 5.13. The number of hydrogen-bond donors (Lipinski definition) is 1. The van der Waals surface area contributed by atoms with Crippen LogP contribution >= 0.6 is 11.8 Å². The van der Waals surface area contributed by atoms with Gasteiger partial charge in [-0.15, -0.1) is 11.8 Å². The summed E-state index contributed by atoms with van der Waals surface area (Å²) in [5.41, 5.74) is 1.07. The molecule has 0 aliphatic heterocycles. The summed E-state index contributed by atoms with van der Waals surface area (Å²) >= 11 is 1.65. The SMILES string of the molecule is CNC(CSc1cnccn1)c1cc(OC)ccc1OC. The molecule has 1 unspecified atom stereocenters. The average Bonchev–Trinajstić information content (AvgIpc) is 2.56. The molecule has 0 saturated heterocycles. The minimum atomic E-state index is 0.127. The molecule has 0 aliphatic carbocycles. The maximum absolute atomic E-state index is 5.45. The predicted octanol–water partition coefficient (Wildman–Crippen LogP) is 2.55. The van der Waals surface area contributed by atoms with Crippen LogP contribution in [0.2, 0.25) is 0 Å². The summed E-state index contributed by atoms with van der Waals surface area (Å²) < 4.78 is 10.7. The normalized spacial score (nSPS) is 12.0. The summed E-state index contributed by atoms with van der Waals surface area (Å²) in [6, 6.07) is 5.94. The summed E-state index contributed by atoms with van der Waals surface area (Å²) in [7, 11) is 5.27. The van der Waals surface area contributed by atoms with Crippen molar-refractivity contribution >= 4 is 11.8 Å². The number of benzene rings is 1. The summed E-state index contributed by atoms with van der Waals surface area (Å²) in [5.74, 6) is 2.48. The highest BCUT2D eigenvalue weighted by molar-refractivity contribution is 7.99. The van der Waals surface area contributed by atoms with E-state index in [1.165, 1.54) is 0 Å². The maximum Gasteiger partial charge on any atom is 0.123 e. The van der Waals surface area contributed by atoms with E-state index in [4.69, 9.17) is 9.47 Å². The lowest BCUT2D eigenvalue weighted by molar-refractivity contribution is 0.394. The van der Waals surface area contributed by atoms with Crippen molar-refractivity contribution in [3.05, 3.63) is 42.4 Å². The van der Waals surface area contributed by atoms with Gasteiger partial charge in [-0.3, -0.25) is 4.98 Å². The molecule has 0 radical (unpaired) electrons. The van der Waals surface area contributed by atoms with Crippen LogP contribution in [0.25, 0.3) is 0 Å². The van der Waals surface area contributed by atoms with Gasteiger partial charge in [0.25, 0.3) is 0 Å². The van der Waals surface area contributed by atoms with Gasteiger partial charge in [0.15, 0.2) is 0 Å². The van der Waals surface area contributed by atoms with Crippen molar-refractivity contribution in [2.45, 2.75) is 11.1 Å². The Bertz CT molecular complexity index is 566. The van der Waals surface area contributed by atoms with Gasteiger partial charge in [-0.25, -0.2) is 4.98 Å². The van der Waals surface area contributed by atoms with Crippen molar-refractivity contribution in [3.8, 4) is 11.5 Å². The van der Waals surface area contributed by atoms with Crippen LogP contribution in [-0.4, -0.2) is 37.0 Å². The number of methoxy groups -OCH3 is 2. The third-order valence-electron chi connectivity index (χ3n) is 3.10. The van der Waals surface area contributed by atoms with Crippen LogP contribution in [0, 0.1) is 0 Å². The molecule has 1 aromatic carbocycles. The van der Waals surface area contributed by atoms with E-state index in [1.54, 1.807) is 44.6 Å². The van der Waals surface area contributed by atoms with E-state index >= 15 is 0 Å². The molecule has 1 atom stereocenters. The van der Waals surface area contributed by atoms with Crippen molar-refractivity contribution < 1.29 is 9.47 Å². The second-order valence-corrected chi connectivity index (χ2v) is 5.34. The largest absolute Gasteiger partial charge is 0.497 e.